The molecule has 74 valence electrons. The van der Waals surface area contributed by atoms with Gasteiger partial charge < -0.3 is 4.74 Å². The van der Waals surface area contributed by atoms with E-state index in [0.29, 0.717) is 6.61 Å². The Morgan fingerprint density at radius 1 is 1.15 bits per heavy atom. The molecule has 0 aromatic carbocycles. The highest BCUT2D eigenvalue weighted by Crippen LogP contribution is 1.92. The van der Waals surface area contributed by atoms with Crippen LogP contribution in [0.5, 0.6) is 0 Å². The predicted molar refractivity (Wildman–Crippen MR) is 46.4 cm³/mol. The molecule has 0 spiro atoms. The molecule has 0 N–H and O–H groups in total. The Hall–Kier alpha value is -1.03. The van der Waals surface area contributed by atoms with Gasteiger partial charge in [-0.15, -0.1) is 0 Å². The molecule has 4 heteroatoms. The van der Waals surface area contributed by atoms with Crippen molar-refractivity contribution in [2.45, 2.75) is 26.7 Å². The monoisotopic (exact) mass is 186 g/mol. The van der Waals surface area contributed by atoms with E-state index >= 15 is 0 Å². The first kappa shape index (κ1) is 12.0. The summed E-state index contributed by atoms with van der Waals surface area (Å²) in [6.45, 7) is 3.86. The second kappa shape index (κ2) is 6.48. The first-order valence-corrected chi connectivity index (χ1v) is 4.21. The molecule has 0 aromatic heterocycles. The van der Waals surface area contributed by atoms with Crippen molar-refractivity contribution in [3.63, 3.8) is 0 Å². The van der Waals surface area contributed by atoms with Gasteiger partial charge in [-0.3, -0.25) is 14.4 Å². The van der Waals surface area contributed by atoms with Crippen LogP contribution < -0.4 is 0 Å². The third-order valence-corrected chi connectivity index (χ3v) is 1.40. The van der Waals surface area contributed by atoms with Crippen LogP contribution in [0, 0.1) is 0 Å². The molecule has 0 aliphatic carbocycles. The van der Waals surface area contributed by atoms with Crippen molar-refractivity contribution in [1.29, 1.82) is 0 Å². The molecular formula is C9H14O4. The van der Waals surface area contributed by atoms with Crippen LogP contribution in [0.15, 0.2) is 0 Å². The van der Waals surface area contributed by atoms with Gasteiger partial charge in [0.1, 0.15) is 5.78 Å². The van der Waals surface area contributed by atoms with Crippen LogP contribution in [0.25, 0.3) is 0 Å². The highest BCUT2D eigenvalue weighted by Gasteiger charge is 2.14. The normalized spacial score (nSPS) is 9.69. The zero-order chi connectivity index (χ0) is 10.3. The van der Waals surface area contributed by atoms with Crippen molar-refractivity contribution >= 4 is 17.3 Å². The Morgan fingerprint density at radius 2 is 1.77 bits per heavy atom. The van der Waals surface area contributed by atoms with Crippen LogP contribution in [0.2, 0.25) is 0 Å². The van der Waals surface area contributed by atoms with Gasteiger partial charge in [-0.05, 0) is 13.8 Å². The number of Topliss-reactive ketones (excluding diaryl/α,β-unsaturated/α-hetero) is 3. The lowest BCUT2D eigenvalue weighted by Crippen LogP contribution is -2.18. The third kappa shape index (κ3) is 6.16. The second-order valence-corrected chi connectivity index (χ2v) is 2.67. The van der Waals surface area contributed by atoms with E-state index in [-0.39, 0.29) is 25.2 Å². The molecule has 0 atom stereocenters. The maximum absolute atomic E-state index is 11.0. The number of ether oxygens (including phenoxy) is 1. The topological polar surface area (TPSA) is 60.4 Å². The summed E-state index contributed by atoms with van der Waals surface area (Å²) in [6, 6.07) is 0. The lowest BCUT2D eigenvalue weighted by Gasteiger charge is -1.98. The summed E-state index contributed by atoms with van der Waals surface area (Å²) in [6.07, 6.45) is -0.217. The molecule has 0 saturated heterocycles. The second-order valence-electron chi connectivity index (χ2n) is 2.67. The average Bonchev–Trinajstić information content (AvgIpc) is 2.03. The van der Waals surface area contributed by atoms with E-state index in [4.69, 9.17) is 4.74 Å². The maximum atomic E-state index is 11.0. The average molecular weight is 186 g/mol. The van der Waals surface area contributed by atoms with Gasteiger partial charge in [0.05, 0.1) is 13.0 Å². The molecule has 0 radical (unpaired) electrons. The fourth-order valence-corrected chi connectivity index (χ4v) is 0.773. The van der Waals surface area contributed by atoms with E-state index in [1.165, 1.54) is 6.92 Å². The van der Waals surface area contributed by atoms with Crippen LogP contribution in [-0.4, -0.2) is 30.6 Å². The molecule has 0 rings (SSSR count). The summed E-state index contributed by atoms with van der Waals surface area (Å²) in [4.78, 5) is 32.4. The van der Waals surface area contributed by atoms with Crippen LogP contribution in [0.1, 0.15) is 26.7 Å². The van der Waals surface area contributed by atoms with Crippen LogP contribution in [-0.2, 0) is 19.1 Å². The lowest BCUT2D eigenvalue weighted by molar-refractivity contribution is -0.139. The number of rotatable bonds is 7. The van der Waals surface area contributed by atoms with Crippen LogP contribution >= 0.6 is 0 Å². The Labute approximate surface area is 77.3 Å². The van der Waals surface area contributed by atoms with Crippen molar-refractivity contribution in [3.05, 3.63) is 0 Å². The number of hydrogen-bond donors (Lipinski definition) is 0. The molecule has 0 amide bonds. The fraction of sp³-hybridized carbons (Fsp3) is 0.667. The highest BCUT2D eigenvalue weighted by atomic mass is 16.5. The SMILES string of the molecule is CCOCCC(=O)C(=O)CC(C)=O. The van der Waals surface area contributed by atoms with Gasteiger partial charge in [0.25, 0.3) is 0 Å². The van der Waals surface area contributed by atoms with Gasteiger partial charge in [0, 0.05) is 13.0 Å². The molecule has 0 aliphatic heterocycles. The number of ketones is 3. The minimum Gasteiger partial charge on any atom is -0.381 e. The fourth-order valence-electron chi connectivity index (χ4n) is 0.773. The van der Waals surface area contributed by atoms with Crippen LogP contribution in [0.4, 0.5) is 0 Å². The van der Waals surface area contributed by atoms with Crippen molar-refractivity contribution in [2.75, 3.05) is 13.2 Å². The van der Waals surface area contributed by atoms with Gasteiger partial charge in [-0.25, -0.2) is 0 Å². The van der Waals surface area contributed by atoms with Crippen molar-refractivity contribution < 1.29 is 19.1 Å². The molecule has 0 bridgehead atoms. The molecule has 0 heterocycles. The Morgan fingerprint density at radius 3 is 2.23 bits per heavy atom. The standard InChI is InChI=1S/C9H14O4/c1-3-13-5-4-8(11)9(12)6-7(2)10/h3-6H2,1-2H3. The minimum absolute atomic E-state index is 0.0694. The van der Waals surface area contributed by atoms with E-state index in [1.54, 1.807) is 0 Å². The molecule has 0 aromatic rings. The van der Waals surface area contributed by atoms with Crippen molar-refractivity contribution in [3.8, 4) is 0 Å². The van der Waals surface area contributed by atoms with Crippen molar-refractivity contribution in [2.24, 2.45) is 0 Å². The molecule has 0 aliphatic rings. The van der Waals surface area contributed by atoms with Gasteiger partial charge >= 0.3 is 0 Å². The lowest BCUT2D eigenvalue weighted by atomic mass is 10.1. The van der Waals surface area contributed by atoms with Gasteiger partial charge in [0.15, 0.2) is 0 Å². The van der Waals surface area contributed by atoms with Crippen molar-refractivity contribution in [1.82, 2.24) is 0 Å². The third-order valence-electron chi connectivity index (χ3n) is 1.40. The zero-order valence-corrected chi connectivity index (χ0v) is 7.96. The summed E-state index contributed by atoms with van der Waals surface area (Å²) in [7, 11) is 0. The van der Waals surface area contributed by atoms with E-state index in [0.717, 1.165) is 0 Å². The summed E-state index contributed by atoms with van der Waals surface area (Å²) in [5, 5.41) is 0. The molecule has 0 unspecified atom stereocenters. The largest absolute Gasteiger partial charge is 0.381 e. The predicted octanol–water partition coefficient (Wildman–Crippen LogP) is 0.530. The zero-order valence-electron chi connectivity index (χ0n) is 7.96. The molecule has 0 saturated carbocycles. The summed E-state index contributed by atoms with van der Waals surface area (Å²) in [5.74, 6) is -1.43. The summed E-state index contributed by atoms with van der Waals surface area (Å²) < 4.78 is 4.90. The number of carbonyl (C=O) groups is 3. The van der Waals surface area contributed by atoms with E-state index in [9.17, 15) is 14.4 Å². The Balaban J connectivity index is 3.70. The van der Waals surface area contributed by atoms with Crippen LogP contribution in [0.3, 0.4) is 0 Å². The summed E-state index contributed by atoms with van der Waals surface area (Å²) >= 11 is 0. The minimum atomic E-state index is -0.618. The van der Waals surface area contributed by atoms with E-state index in [2.05, 4.69) is 0 Å². The summed E-state index contributed by atoms with van der Waals surface area (Å²) in [5.41, 5.74) is 0. The maximum Gasteiger partial charge on any atom is 0.205 e. The number of hydrogen-bond acceptors (Lipinski definition) is 4. The van der Waals surface area contributed by atoms with E-state index in [1.807, 2.05) is 6.92 Å². The van der Waals surface area contributed by atoms with Gasteiger partial charge in [-0.1, -0.05) is 0 Å². The Kier molecular flexibility index (Phi) is 5.97. The molecule has 0 fully saturated rings. The smallest absolute Gasteiger partial charge is 0.205 e. The van der Waals surface area contributed by atoms with Gasteiger partial charge in [-0.2, -0.15) is 0 Å². The molecular weight excluding hydrogens is 172 g/mol. The molecule has 13 heavy (non-hydrogen) atoms. The van der Waals surface area contributed by atoms with E-state index < -0.39 is 11.6 Å². The number of carbonyl (C=O) groups excluding carboxylic acids is 3. The van der Waals surface area contributed by atoms with Gasteiger partial charge in [0.2, 0.25) is 11.6 Å². The molecule has 4 nitrogen and oxygen atoms in total. The highest BCUT2D eigenvalue weighted by molar-refractivity contribution is 6.40. The quantitative estimate of drug-likeness (QED) is 0.330. The first-order valence-electron chi connectivity index (χ1n) is 4.21. The first-order chi connectivity index (χ1) is 6.07. The Bertz CT molecular complexity index is 208.